The van der Waals surface area contributed by atoms with Crippen molar-refractivity contribution in [3.05, 3.63) is 47.7 Å². The normalized spacial score (nSPS) is 10.0. The van der Waals surface area contributed by atoms with E-state index < -0.39 is 0 Å². The van der Waals surface area contributed by atoms with Gasteiger partial charge in [-0.3, -0.25) is 0 Å². The van der Waals surface area contributed by atoms with Gasteiger partial charge in [-0.2, -0.15) is 5.26 Å². The lowest BCUT2D eigenvalue weighted by molar-refractivity contribution is 0.467. The highest BCUT2D eigenvalue weighted by Crippen LogP contribution is 2.21. The maximum absolute atomic E-state index is 9.85. The molecule has 102 valence electrons. The van der Waals surface area contributed by atoms with Crippen LogP contribution in [0.3, 0.4) is 0 Å². The highest BCUT2D eigenvalue weighted by Gasteiger charge is 2.11. The third kappa shape index (κ3) is 3.23. The number of nitriles is 1. The molecule has 5 nitrogen and oxygen atoms in total. The van der Waals surface area contributed by atoms with Gasteiger partial charge in [0, 0.05) is 18.7 Å². The van der Waals surface area contributed by atoms with E-state index in [1.807, 2.05) is 23.1 Å². The van der Waals surface area contributed by atoms with Crippen molar-refractivity contribution in [1.29, 1.82) is 5.26 Å². The zero-order valence-electron chi connectivity index (χ0n) is 11.3. The Balaban J connectivity index is 2.22. The predicted molar refractivity (Wildman–Crippen MR) is 76.2 cm³/mol. The summed E-state index contributed by atoms with van der Waals surface area (Å²) in [6.45, 7) is 3.44. The molecule has 0 unspecified atom stereocenters. The molecule has 2 aromatic rings. The van der Waals surface area contributed by atoms with E-state index in [-0.39, 0.29) is 5.75 Å². The van der Waals surface area contributed by atoms with Crippen LogP contribution in [0.25, 0.3) is 0 Å². The van der Waals surface area contributed by atoms with Crippen molar-refractivity contribution in [2.45, 2.75) is 19.9 Å². The van der Waals surface area contributed by atoms with Gasteiger partial charge in [0.1, 0.15) is 11.8 Å². The second kappa shape index (κ2) is 6.53. The Bertz CT molecular complexity index is 604. The molecule has 0 radical (unpaired) electrons. The summed E-state index contributed by atoms with van der Waals surface area (Å²) in [5.41, 5.74) is 1.14. The summed E-state index contributed by atoms with van der Waals surface area (Å²) in [4.78, 5) is 2.03. The lowest BCUT2D eigenvalue weighted by atomic mass is 10.2. The summed E-state index contributed by atoms with van der Waals surface area (Å²) in [6.07, 6.45) is 0.954. The zero-order valence-corrected chi connectivity index (χ0v) is 11.3. The summed E-state index contributed by atoms with van der Waals surface area (Å²) in [5.74, 6) is 0.976. The number of hydrogen-bond donors (Lipinski definition) is 1. The number of benzene rings is 1. The van der Waals surface area contributed by atoms with E-state index in [0.717, 1.165) is 18.5 Å². The Morgan fingerprint density at radius 1 is 1.20 bits per heavy atom. The van der Waals surface area contributed by atoms with E-state index in [9.17, 15) is 5.11 Å². The number of anilines is 1. The van der Waals surface area contributed by atoms with Gasteiger partial charge in [-0.25, -0.2) is 0 Å². The molecule has 0 amide bonds. The summed E-state index contributed by atoms with van der Waals surface area (Å²) < 4.78 is 0. The van der Waals surface area contributed by atoms with Gasteiger partial charge in [0.25, 0.3) is 0 Å². The van der Waals surface area contributed by atoms with Crippen molar-refractivity contribution >= 4 is 5.82 Å². The highest BCUT2D eigenvalue weighted by molar-refractivity contribution is 5.42. The Morgan fingerprint density at radius 3 is 2.60 bits per heavy atom. The van der Waals surface area contributed by atoms with E-state index in [1.165, 1.54) is 0 Å². The molecule has 0 saturated heterocycles. The first-order valence-corrected chi connectivity index (χ1v) is 6.50. The molecule has 0 aliphatic heterocycles. The van der Waals surface area contributed by atoms with E-state index in [0.29, 0.717) is 18.1 Å². The summed E-state index contributed by atoms with van der Waals surface area (Å²) >= 11 is 0. The van der Waals surface area contributed by atoms with Crippen LogP contribution in [0.15, 0.2) is 36.4 Å². The van der Waals surface area contributed by atoms with Crippen LogP contribution in [0, 0.1) is 11.3 Å². The molecule has 1 aromatic heterocycles. The van der Waals surface area contributed by atoms with Gasteiger partial charge in [0.05, 0.1) is 0 Å². The van der Waals surface area contributed by atoms with E-state index >= 15 is 0 Å². The van der Waals surface area contributed by atoms with Crippen LogP contribution < -0.4 is 4.90 Å². The minimum atomic E-state index is 0.273. The Morgan fingerprint density at radius 2 is 2.00 bits per heavy atom. The van der Waals surface area contributed by atoms with Crippen molar-refractivity contribution in [2.24, 2.45) is 0 Å². The third-order valence-electron chi connectivity index (χ3n) is 2.94. The quantitative estimate of drug-likeness (QED) is 0.901. The monoisotopic (exact) mass is 268 g/mol. The van der Waals surface area contributed by atoms with Crippen molar-refractivity contribution in [2.75, 3.05) is 11.4 Å². The fourth-order valence-electron chi connectivity index (χ4n) is 1.95. The lowest BCUT2D eigenvalue weighted by Crippen LogP contribution is -2.24. The van der Waals surface area contributed by atoms with Crippen LogP contribution in [0.1, 0.15) is 24.6 Å². The average molecular weight is 268 g/mol. The van der Waals surface area contributed by atoms with Gasteiger partial charge in [0.15, 0.2) is 11.5 Å². The lowest BCUT2D eigenvalue weighted by Gasteiger charge is -2.23. The van der Waals surface area contributed by atoms with Gasteiger partial charge < -0.3 is 10.0 Å². The topological polar surface area (TPSA) is 73.0 Å². The highest BCUT2D eigenvalue weighted by atomic mass is 16.3. The van der Waals surface area contributed by atoms with Gasteiger partial charge in [-0.15, -0.1) is 10.2 Å². The maximum Gasteiger partial charge on any atom is 0.163 e. The van der Waals surface area contributed by atoms with Crippen LogP contribution in [0.2, 0.25) is 0 Å². The first-order valence-electron chi connectivity index (χ1n) is 6.50. The van der Waals surface area contributed by atoms with Gasteiger partial charge >= 0.3 is 0 Å². The summed E-state index contributed by atoms with van der Waals surface area (Å²) in [5, 5.41) is 26.5. The van der Waals surface area contributed by atoms with E-state index in [2.05, 4.69) is 17.1 Å². The average Bonchev–Trinajstić information content (AvgIpc) is 2.49. The molecule has 20 heavy (non-hydrogen) atoms. The van der Waals surface area contributed by atoms with Crippen LogP contribution in [-0.2, 0) is 6.54 Å². The number of nitrogens with zero attached hydrogens (tertiary/aromatic N) is 4. The van der Waals surface area contributed by atoms with Gasteiger partial charge in [0.2, 0.25) is 0 Å². The molecule has 1 heterocycles. The fraction of sp³-hybridized carbons (Fsp3) is 0.267. The second-order valence-electron chi connectivity index (χ2n) is 4.44. The number of phenolic OH excluding ortho intramolecular Hbond substituents is 1. The number of aromatic hydroxyl groups is 1. The zero-order chi connectivity index (χ0) is 14.4. The molecule has 0 aliphatic carbocycles. The first-order chi connectivity index (χ1) is 9.74. The maximum atomic E-state index is 9.85. The fourth-order valence-corrected chi connectivity index (χ4v) is 1.95. The Labute approximate surface area is 118 Å². The molecule has 0 aliphatic rings. The molecule has 5 heteroatoms. The van der Waals surface area contributed by atoms with Crippen molar-refractivity contribution < 1.29 is 5.11 Å². The molecule has 0 saturated carbocycles. The molecule has 1 N–H and O–H groups in total. The third-order valence-corrected chi connectivity index (χ3v) is 2.94. The first kappa shape index (κ1) is 13.8. The Kier molecular flexibility index (Phi) is 4.51. The molecule has 1 aromatic carbocycles. The SMILES string of the molecule is CCCN(Cc1ccccc1O)c1ccc(C#N)nn1. The van der Waals surface area contributed by atoms with Crippen LogP contribution >= 0.6 is 0 Å². The molecule has 0 fully saturated rings. The summed E-state index contributed by atoms with van der Waals surface area (Å²) in [6, 6.07) is 12.6. The van der Waals surface area contributed by atoms with Crippen LogP contribution in [0.5, 0.6) is 5.75 Å². The number of aromatic nitrogens is 2. The Hall–Kier alpha value is -2.61. The largest absolute Gasteiger partial charge is 0.508 e. The summed E-state index contributed by atoms with van der Waals surface area (Å²) in [7, 11) is 0. The van der Waals surface area contributed by atoms with Gasteiger partial charge in [-0.05, 0) is 24.6 Å². The van der Waals surface area contributed by atoms with Gasteiger partial charge in [-0.1, -0.05) is 25.1 Å². The molecule has 2 rings (SSSR count). The van der Waals surface area contributed by atoms with Crippen LogP contribution in [0.4, 0.5) is 5.82 Å². The molecule has 0 spiro atoms. The minimum absolute atomic E-state index is 0.273. The van der Waals surface area contributed by atoms with Crippen molar-refractivity contribution in [1.82, 2.24) is 10.2 Å². The van der Waals surface area contributed by atoms with Crippen molar-refractivity contribution in [3.63, 3.8) is 0 Å². The smallest absolute Gasteiger partial charge is 0.163 e. The van der Waals surface area contributed by atoms with Crippen LogP contribution in [-0.4, -0.2) is 21.8 Å². The van der Waals surface area contributed by atoms with Crippen molar-refractivity contribution in [3.8, 4) is 11.8 Å². The minimum Gasteiger partial charge on any atom is -0.508 e. The second-order valence-corrected chi connectivity index (χ2v) is 4.44. The predicted octanol–water partition coefficient (Wildman–Crippen LogP) is 2.47. The van der Waals surface area contributed by atoms with E-state index in [4.69, 9.17) is 5.26 Å². The molecule has 0 atom stereocenters. The van der Waals surface area contributed by atoms with E-state index in [1.54, 1.807) is 24.3 Å². The molecule has 0 bridgehead atoms. The molecular formula is C15H16N4O. The number of rotatable bonds is 5. The number of phenols is 1. The molecular weight excluding hydrogens is 252 g/mol. The number of hydrogen-bond acceptors (Lipinski definition) is 5. The standard InChI is InChI=1S/C15H16N4O/c1-2-9-19(11-12-5-3-4-6-14(12)20)15-8-7-13(10-16)17-18-15/h3-8,20H,2,9,11H2,1H3. The number of para-hydroxylation sites is 1.